The number of unbranched alkanes of at least 4 members (excludes halogenated alkanes) is 2. The summed E-state index contributed by atoms with van der Waals surface area (Å²) in [5.41, 5.74) is 0. The molecule has 0 atom stereocenters. The third kappa shape index (κ3) is 6.03. The zero-order valence-corrected chi connectivity index (χ0v) is 11.7. The predicted molar refractivity (Wildman–Crippen MR) is 72.1 cm³/mol. The molecule has 0 spiro atoms. The van der Waals surface area contributed by atoms with Crippen LogP contribution in [0.2, 0.25) is 0 Å². The van der Waals surface area contributed by atoms with Gasteiger partial charge in [-0.1, -0.05) is 12.8 Å². The molecule has 0 heterocycles. The van der Waals surface area contributed by atoms with Gasteiger partial charge in [0.15, 0.2) is 0 Å². The fourth-order valence-electron chi connectivity index (χ4n) is 2.20. The number of hydrogen-bond acceptors (Lipinski definition) is 2. The van der Waals surface area contributed by atoms with Gasteiger partial charge < -0.3 is 10.2 Å². The second kappa shape index (κ2) is 8.11. The van der Waals surface area contributed by atoms with Crippen LogP contribution in [0.5, 0.6) is 0 Å². The van der Waals surface area contributed by atoms with Gasteiger partial charge in [-0.3, -0.25) is 9.59 Å². The van der Waals surface area contributed by atoms with Gasteiger partial charge >= 0.3 is 0 Å². The minimum atomic E-state index is 0.0197. The van der Waals surface area contributed by atoms with E-state index in [9.17, 15) is 9.59 Å². The molecule has 1 rings (SSSR count). The average Bonchev–Trinajstić information content (AvgIpc) is 2.27. The van der Waals surface area contributed by atoms with Crippen molar-refractivity contribution in [3.63, 3.8) is 0 Å². The van der Waals surface area contributed by atoms with Gasteiger partial charge in [-0.05, 0) is 31.6 Å². The first-order chi connectivity index (χ1) is 8.59. The van der Waals surface area contributed by atoms with Crippen LogP contribution < -0.4 is 5.32 Å². The van der Waals surface area contributed by atoms with E-state index in [0.29, 0.717) is 6.42 Å². The summed E-state index contributed by atoms with van der Waals surface area (Å²) in [4.78, 5) is 24.3. The monoisotopic (exact) mass is 254 g/mol. The van der Waals surface area contributed by atoms with Crippen molar-refractivity contribution in [3.8, 4) is 0 Å². The molecule has 0 aromatic carbocycles. The van der Waals surface area contributed by atoms with Crippen LogP contribution >= 0.6 is 0 Å². The van der Waals surface area contributed by atoms with E-state index in [1.807, 2.05) is 11.9 Å². The summed E-state index contributed by atoms with van der Waals surface area (Å²) in [5.74, 6) is 1.03. The van der Waals surface area contributed by atoms with Gasteiger partial charge in [0.05, 0.1) is 0 Å². The highest BCUT2D eigenvalue weighted by molar-refractivity contribution is 5.75. The van der Waals surface area contributed by atoms with Crippen molar-refractivity contribution in [2.24, 2.45) is 5.92 Å². The molecule has 0 aromatic rings. The van der Waals surface area contributed by atoms with Crippen molar-refractivity contribution < 1.29 is 9.59 Å². The summed E-state index contributed by atoms with van der Waals surface area (Å²) >= 11 is 0. The average molecular weight is 254 g/mol. The molecule has 0 unspecified atom stereocenters. The Morgan fingerprint density at radius 2 is 1.94 bits per heavy atom. The first kappa shape index (κ1) is 15.0. The summed E-state index contributed by atoms with van der Waals surface area (Å²) < 4.78 is 0. The molecule has 1 saturated carbocycles. The highest BCUT2D eigenvalue weighted by Gasteiger charge is 2.20. The molecular formula is C14H26N2O2. The van der Waals surface area contributed by atoms with Crippen molar-refractivity contribution in [1.29, 1.82) is 0 Å². The SMILES string of the molecule is CC(=O)NCCCCCC(=O)N(C)CC1CCC1. The molecule has 1 fully saturated rings. The van der Waals surface area contributed by atoms with Crippen LogP contribution in [-0.4, -0.2) is 36.9 Å². The topological polar surface area (TPSA) is 49.4 Å². The van der Waals surface area contributed by atoms with E-state index in [0.717, 1.165) is 38.3 Å². The highest BCUT2D eigenvalue weighted by Crippen LogP contribution is 2.26. The van der Waals surface area contributed by atoms with Crippen molar-refractivity contribution >= 4 is 11.8 Å². The first-order valence-corrected chi connectivity index (χ1v) is 7.08. The Bertz CT molecular complexity index is 275. The molecule has 1 N–H and O–H groups in total. The zero-order valence-electron chi connectivity index (χ0n) is 11.7. The lowest BCUT2D eigenvalue weighted by Crippen LogP contribution is -2.34. The smallest absolute Gasteiger partial charge is 0.222 e. The minimum Gasteiger partial charge on any atom is -0.356 e. The van der Waals surface area contributed by atoms with Crippen LogP contribution in [-0.2, 0) is 9.59 Å². The molecule has 1 aliphatic rings. The lowest BCUT2D eigenvalue weighted by molar-refractivity contribution is -0.131. The van der Waals surface area contributed by atoms with Crippen LogP contribution in [0, 0.1) is 5.92 Å². The van der Waals surface area contributed by atoms with E-state index in [1.165, 1.54) is 26.2 Å². The second-order valence-electron chi connectivity index (χ2n) is 5.36. The van der Waals surface area contributed by atoms with Gasteiger partial charge in [0.25, 0.3) is 0 Å². The van der Waals surface area contributed by atoms with Crippen molar-refractivity contribution in [2.75, 3.05) is 20.1 Å². The summed E-state index contributed by atoms with van der Waals surface area (Å²) in [5, 5.41) is 2.76. The van der Waals surface area contributed by atoms with Gasteiger partial charge in [0.1, 0.15) is 0 Å². The van der Waals surface area contributed by atoms with Crippen LogP contribution in [0.4, 0.5) is 0 Å². The normalized spacial score (nSPS) is 15.0. The molecule has 0 saturated heterocycles. The Balaban J connectivity index is 1.96. The van der Waals surface area contributed by atoms with E-state index < -0.39 is 0 Å². The molecule has 104 valence electrons. The fourth-order valence-corrected chi connectivity index (χ4v) is 2.20. The number of amides is 2. The minimum absolute atomic E-state index is 0.0197. The standard InChI is InChI=1S/C14H26N2O2/c1-12(17)15-10-5-3-4-9-14(18)16(2)11-13-7-6-8-13/h13H,3-11H2,1-2H3,(H,15,17). The largest absolute Gasteiger partial charge is 0.356 e. The summed E-state index contributed by atoms with van der Waals surface area (Å²) in [6.07, 6.45) is 7.43. The Hall–Kier alpha value is -1.06. The van der Waals surface area contributed by atoms with Gasteiger partial charge in [-0.2, -0.15) is 0 Å². The molecular weight excluding hydrogens is 228 g/mol. The Morgan fingerprint density at radius 1 is 1.22 bits per heavy atom. The highest BCUT2D eigenvalue weighted by atomic mass is 16.2. The number of carbonyl (C=O) groups is 2. The molecule has 4 heteroatoms. The molecule has 4 nitrogen and oxygen atoms in total. The maximum absolute atomic E-state index is 11.8. The molecule has 0 radical (unpaired) electrons. The predicted octanol–water partition coefficient (Wildman–Crippen LogP) is 1.94. The molecule has 2 amide bonds. The van der Waals surface area contributed by atoms with Crippen LogP contribution in [0.15, 0.2) is 0 Å². The van der Waals surface area contributed by atoms with Gasteiger partial charge in [-0.15, -0.1) is 0 Å². The van der Waals surface area contributed by atoms with E-state index in [-0.39, 0.29) is 11.8 Å². The maximum atomic E-state index is 11.8. The molecule has 18 heavy (non-hydrogen) atoms. The first-order valence-electron chi connectivity index (χ1n) is 7.08. The third-order valence-corrected chi connectivity index (χ3v) is 3.62. The number of hydrogen-bond donors (Lipinski definition) is 1. The van der Waals surface area contributed by atoms with Crippen molar-refractivity contribution in [2.45, 2.75) is 51.9 Å². The van der Waals surface area contributed by atoms with E-state index in [2.05, 4.69) is 5.32 Å². The molecule has 1 aliphatic carbocycles. The Labute approximate surface area is 110 Å². The fraction of sp³-hybridized carbons (Fsp3) is 0.857. The Morgan fingerprint density at radius 3 is 2.50 bits per heavy atom. The molecule has 0 bridgehead atoms. The van der Waals surface area contributed by atoms with Gasteiger partial charge in [0.2, 0.25) is 11.8 Å². The van der Waals surface area contributed by atoms with Crippen LogP contribution in [0.1, 0.15) is 51.9 Å². The third-order valence-electron chi connectivity index (χ3n) is 3.62. The van der Waals surface area contributed by atoms with E-state index in [1.54, 1.807) is 0 Å². The zero-order chi connectivity index (χ0) is 13.4. The van der Waals surface area contributed by atoms with Crippen LogP contribution in [0.3, 0.4) is 0 Å². The lowest BCUT2D eigenvalue weighted by Gasteiger charge is -2.30. The van der Waals surface area contributed by atoms with E-state index in [4.69, 9.17) is 0 Å². The van der Waals surface area contributed by atoms with Gasteiger partial charge in [-0.25, -0.2) is 0 Å². The lowest BCUT2D eigenvalue weighted by atomic mass is 9.85. The maximum Gasteiger partial charge on any atom is 0.222 e. The van der Waals surface area contributed by atoms with Crippen molar-refractivity contribution in [3.05, 3.63) is 0 Å². The number of nitrogens with zero attached hydrogens (tertiary/aromatic N) is 1. The quantitative estimate of drug-likeness (QED) is 0.673. The number of rotatable bonds is 8. The molecule has 0 aromatic heterocycles. The van der Waals surface area contributed by atoms with Crippen LogP contribution in [0.25, 0.3) is 0 Å². The number of carbonyl (C=O) groups excluding carboxylic acids is 2. The summed E-state index contributed by atoms with van der Waals surface area (Å²) in [6, 6.07) is 0. The van der Waals surface area contributed by atoms with Crippen molar-refractivity contribution in [1.82, 2.24) is 10.2 Å². The molecule has 0 aliphatic heterocycles. The second-order valence-corrected chi connectivity index (χ2v) is 5.36. The number of nitrogens with one attached hydrogen (secondary N) is 1. The van der Waals surface area contributed by atoms with E-state index >= 15 is 0 Å². The Kier molecular flexibility index (Phi) is 6.76. The van der Waals surface area contributed by atoms with Gasteiger partial charge in [0, 0.05) is 33.5 Å². The summed E-state index contributed by atoms with van der Waals surface area (Å²) in [7, 11) is 1.91. The summed E-state index contributed by atoms with van der Waals surface area (Å²) in [6.45, 7) is 3.19.